The molecule has 94 valence electrons. The van der Waals surface area contributed by atoms with Crippen LogP contribution in [0.15, 0.2) is 10.7 Å². The molecular formula is C9H12BrN3O4. The number of carboxylic acids is 1. The summed E-state index contributed by atoms with van der Waals surface area (Å²) < 4.78 is 1.31. The second-order valence-corrected chi connectivity index (χ2v) is 4.39. The van der Waals surface area contributed by atoms with Gasteiger partial charge in [-0.2, -0.15) is 4.68 Å². The minimum Gasteiger partial charge on any atom is -0.480 e. The summed E-state index contributed by atoms with van der Waals surface area (Å²) in [6.45, 7) is 1.94. The van der Waals surface area contributed by atoms with Gasteiger partial charge in [0, 0.05) is 0 Å². The topological polar surface area (TPSA) is 98.3 Å². The molecule has 0 aliphatic heterocycles. The number of unbranched alkanes of at least 4 members (excludes halogenated alkanes) is 1. The number of hydrogen-bond donors (Lipinski definition) is 1. The molecule has 1 N–H and O–H groups in total. The average molecular weight is 306 g/mol. The van der Waals surface area contributed by atoms with Crippen LogP contribution in [-0.2, 0) is 4.79 Å². The molecule has 1 rings (SSSR count). The molecule has 0 radical (unpaired) electrons. The van der Waals surface area contributed by atoms with Crippen molar-refractivity contribution in [2.75, 3.05) is 0 Å². The van der Waals surface area contributed by atoms with Gasteiger partial charge in [-0.25, -0.2) is 4.79 Å². The van der Waals surface area contributed by atoms with Gasteiger partial charge in [0.15, 0.2) is 6.04 Å². The second kappa shape index (κ2) is 5.76. The highest BCUT2D eigenvalue weighted by atomic mass is 79.9. The number of nitro groups is 1. The van der Waals surface area contributed by atoms with Crippen molar-refractivity contribution < 1.29 is 14.8 Å². The molecule has 0 amide bonds. The Morgan fingerprint density at radius 3 is 2.82 bits per heavy atom. The Labute approximate surface area is 106 Å². The molecule has 7 nitrogen and oxygen atoms in total. The Morgan fingerprint density at radius 1 is 1.76 bits per heavy atom. The highest BCUT2D eigenvalue weighted by molar-refractivity contribution is 9.10. The minimum atomic E-state index is -1.04. The highest BCUT2D eigenvalue weighted by Crippen LogP contribution is 2.25. The third-order valence-corrected chi connectivity index (χ3v) is 2.84. The van der Waals surface area contributed by atoms with Crippen LogP contribution >= 0.6 is 15.9 Å². The average Bonchev–Trinajstić information content (AvgIpc) is 2.60. The lowest BCUT2D eigenvalue weighted by atomic mass is 10.1. The summed E-state index contributed by atoms with van der Waals surface area (Å²) in [6.07, 6.45) is 3.31. The van der Waals surface area contributed by atoms with Crippen molar-refractivity contribution in [3.63, 3.8) is 0 Å². The molecule has 1 aromatic heterocycles. The summed E-state index contributed by atoms with van der Waals surface area (Å²) in [4.78, 5) is 21.0. The van der Waals surface area contributed by atoms with E-state index in [-0.39, 0.29) is 10.3 Å². The fourth-order valence-corrected chi connectivity index (χ4v) is 1.84. The minimum absolute atomic E-state index is 0.185. The third kappa shape index (κ3) is 3.26. The number of nitrogens with zero attached hydrogens (tertiary/aromatic N) is 3. The van der Waals surface area contributed by atoms with Crippen molar-refractivity contribution in [2.45, 2.75) is 32.2 Å². The van der Waals surface area contributed by atoms with Crippen molar-refractivity contribution in [1.82, 2.24) is 9.78 Å². The first-order valence-electron chi connectivity index (χ1n) is 5.09. The Bertz CT molecular complexity index is 432. The molecule has 8 heteroatoms. The number of halogens is 1. The molecule has 0 bridgehead atoms. The first kappa shape index (κ1) is 13.6. The van der Waals surface area contributed by atoms with Crippen molar-refractivity contribution >= 4 is 27.7 Å². The van der Waals surface area contributed by atoms with Crippen LogP contribution in [-0.4, -0.2) is 25.8 Å². The van der Waals surface area contributed by atoms with Gasteiger partial charge in [-0.3, -0.25) is 0 Å². The van der Waals surface area contributed by atoms with E-state index >= 15 is 0 Å². The van der Waals surface area contributed by atoms with Gasteiger partial charge in [0.25, 0.3) is 0 Å². The fourth-order valence-electron chi connectivity index (χ4n) is 1.41. The summed E-state index contributed by atoms with van der Waals surface area (Å²) >= 11 is 2.99. The van der Waals surface area contributed by atoms with Gasteiger partial charge in [0.1, 0.15) is 4.47 Å². The van der Waals surface area contributed by atoms with Crippen LogP contribution in [0, 0.1) is 10.1 Å². The van der Waals surface area contributed by atoms with E-state index in [4.69, 9.17) is 5.11 Å². The van der Waals surface area contributed by atoms with Crippen molar-refractivity contribution in [3.8, 4) is 0 Å². The molecular weight excluding hydrogens is 294 g/mol. The number of aliphatic carboxylic acids is 1. The number of rotatable bonds is 6. The highest BCUT2D eigenvalue weighted by Gasteiger charge is 2.27. The summed E-state index contributed by atoms with van der Waals surface area (Å²) in [6, 6.07) is -0.861. The SMILES string of the molecule is CCCCC(C(=O)O)n1cc(Br)c([N+](=O)[O-])n1. The summed E-state index contributed by atoms with van der Waals surface area (Å²) in [5.41, 5.74) is 0. The smallest absolute Gasteiger partial charge is 0.404 e. The van der Waals surface area contributed by atoms with Crippen LogP contribution in [0.25, 0.3) is 0 Å². The van der Waals surface area contributed by atoms with Crippen LogP contribution in [0.5, 0.6) is 0 Å². The molecule has 0 saturated carbocycles. The second-order valence-electron chi connectivity index (χ2n) is 3.53. The molecule has 0 fully saturated rings. The standard InChI is InChI=1S/C9H12BrN3O4/c1-2-3-4-7(9(14)15)12-5-6(10)8(11-12)13(16)17/h5,7H,2-4H2,1H3,(H,14,15). The lowest BCUT2D eigenvalue weighted by molar-refractivity contribution is -0.390. The van der Waals surface area contributed by atoms with Crippen LogP contribution in [0.4, 0.5) is 5.82 Å². The molecule has 0 spiro atoms. The summed E-state index contributed by atoms with van der Waals surface area (Å²) in [5.74, 6) is -1.41. The summed E-state index contributed by atoms with van der Waals surface area (Å²) in [7, 11) is 0. The van der Waals surface area contributed by atoms with Crippen LogP contribution in [0.1, 0.15) is 32.2 Å². The molecule has 0 aliphatic rings. The molecule has 0 aliphatic carbocycles. The molecule has 1 atom stereocenters. The van der Waals surface area contributed by atoms with Gasteiger partial charge in [0.05, 0.1) is 11.3 Å². The predicted octanol–water partition coefficient (Wildman–Crippen LogP) is 2.37. The number of carbonyl (C=O) groups is 1. The number of carboxylic acid groups (broad SMARTS) is 1. The zero-order valence-corrected chi connectivity index (χ0v) is 10.8. The molecule has 0 saturated heterocycles. The van der Waals surface area contributed by atoms with Crippen LogP contribution < -0.4 is 0 Å². The largest absolute Gasteiger partial charge is 0.480 e. The maximum absolute atomic E-state index is 11.1. The van der Waals surface area contributed by atoms with Gasteiger partial charge in [0.2, 0.25) is 0 Å². The van der Waals surface area contributed by atoms with Crippen molar-refractivity contribution in [2.24, 2.45) is 0 Å². The monoisotopic (exact) mass is 305 g/mol. The first-order valence-corrected chi connectivity index (χ1v) is 5.88. The molecule has 0 aromatic carbocycles. The molecule has 1 unspecified atom stereocenters. The number of hydrogen-bond acceptors (Lipinski definition) is 4. The van der Waals surface area contributed by atoms with E-state index in [1.54, 1.807) is 0 Å². The van der Waals surface area contributed by atoms with Gasteiger partial charge in [-0.05, 0) is 27.3 Å². The molecule has 1 aromatic rings. The van der Waals surface area contributed by atoms with E-state index in [0.717, 1.165) is 17.5 Å². The molecule has 1 heterocycles. The van der Waals surface area contributed by atoms with E-state index in [2.05, 4.69) is 21.0 Å². The quantitative estimate of drug-likeness (QED) is 0.642. The van der Waals surface area contributed by atoms with Gasteiger partial charge in [-0.1, -0.05) is 19.8 Å². The Balaban J connectivity index is 2.98. The third-order valence-electron chi connectivity index (χ3n) is 2.28. The van der Waals surface area contributed by atoms with E-state index < -0.39 is 16.9 Å². The zero-order valence-electron chi connectivity index (χ0n) is 9.17. The predicted molar refractivity (Wildman–Crippen MR) is 62.8 cm³/mol. The van der Waals surface area contributed by atoms with E-state index in [0.29, 0.717) is 6.42 Å². The maximum atomic E-state index is 11.1. The Kier molecular flexibility index (Phi) is 4.62. The Hall–Kier alpha value is -1.44. The Morgan fingerprint density at radius 2 is 2.41 bits per heavy atom. The summed E-state index contributed by atoms with van der Waals surface area (Å²) in [5, 5.41) is 23.3. The van der Waals surface area contributed by atoms with Gasteiger partial charge < -0.3 is 15.2 Å². The van der Waals surface area contributed by atoms with Crippen molar-refractivity contribution in [3.05, 3.63) is 20.8 Å². The van der Waals surface area contributed by atoms with E-state index in [1.807, 2.05) is 6.92 Å². The maximum Gasteiger partial charge on any atom is 0.404 e. The zero-order chi connectivity index (χ0) is 13.0. The van der Waals surface area contributed by atoms with Crippen LogP contribution in [0.3, 0.4) is 0 Å². The van der Waals surface area contributed by atoms with E-state index in [9.17, 15) is 14.9 Å². The van der Waals surface area contributed by atoms with Gasteiger partial charge >= 0.3 is 11.8 Å². The lowest BCUT2D eigenvalue weighted by Crippen LogP contribution is -2.19. The van der Waals surface area contributed by atoms with Crippen LogP contribution in [0.2, 0.25) is 0 Å². The van der Waals surface area contributed by atoms with Crippen molar-refractivity contribution in [1.29, 1.82) is 0 Å². The first-order chi connectivity index (χ1) is 7.97. The number of aromatic nitrogens is 2. The van der Waals surface area contributed by atoms with Gasteiger partial charge in [-0.15, -0.1) is 0 Å². The lowest BCUT2D eigenvalue weighted by Gasteiger charge is -2.08. The fraction of sp³-hybridized carbons (Fsp3) is 0.556. The normalized spacial score (nSPS) is 12.4. The molecule has 17 heavy (non-hydrogen) atoms. The van der Waals surface area contributed by atoms with E-state index in [1.165, 1.54) is 6.20 Å².